The molecule has 0 saturated heterocycles. The molecule has 0 aliphatic rings. The van der Waals surface area contributed by atoms with Gasteiger partial charge in [-0.2, -0.15) is 0 Å². The smallest absolute Gasteiger partial charge is 0.407 e. The molecule has 0 bridgehead atoms. The van der Waals surface area contributed by atoms with Gasteiger partial charge in [-0.1, -0.05) is 42.8 Å². The zero-order valence-corrected chi connectivity index (χ0v) is 21.7. The molecule has 10 heteroatoms. The molecule has 0 saturated carbocycles. The van der Waals surface area contributed by atoms with E-state index in [1.807, 2.05) is 53.1 Å². The van der Waals surface area contributed by atoms with Gasteiger partial charge in [-0.25, -0.2) is 19.7 Å². The lowest BCUT2D eigenvalue weighted by Gasteiger charge is -2.10. The fraction of sp³-hybridized carbons (Fsp3) is 0.333. The topological polar surface area (TPSA) is 120 Å². The third-order valence-electron chi connectivity index (χ3n) is 5.84. The number of nitrogens with one attached hydrogen (secondary N) is 2. The number of aryl methyl sites for hydroxylation is 2. The number of unbranched alkanes of at least 4 members (excludes halogenated alkanes) is 1. The zero-order valence-electron chi connectivity index (χ0n) is 20.9. The van der Waals surface area contributed by atoms with E-state index in [1.54, 1.807) is 6.33 Å². The monoisotopic (exact) mass is 521 g/mol. The molecular formula is C27H32ClN7O2. The van der Waals surface area contributed by atoms with Crippen LogP contribution in [0.15, 0.2) is 54.9 Å². The summed E-state index contributed by atoms with van der Waals surface area (Å²) in [5.74, 6) is 1.15. The van der Waals surface area contributed by atoms with Crippen molar-refractivity contribution in [3.8, 4) is 0 Å². The van der Waals surface area contributed by atoms with Gasteiger partial charge in [-0.05, 0) is 54.7 Å². The average molecular weight is 522 g/mol. The van der Waals surface area contributed by atoms with Crippen LogP contribution in [0.4, 0.5) is 16.3 Å². The maximum atomic E-state index is 12.1. The summed E-state index contributed by atoms with van der Waals surface area (Å²) in [7, 11) is 0. The lowest BCUT2D eigenvalue weighted by atomic mass is 10.2. The first-order chi connectivity index (χ1) is 18.0. The highest BCUT2D eigenvalue weighted by molar-refractivity contribution is 6.30. The van der Waals surface area contributed by atoms with Crippen molar-refractivity contribution < 1.29 is 9.53 Å². The number of imidazole rings is 1. The number of benzene rings is 2. The lowest BCUT2D eigenvalue weighted by Crippen LogP contribution is -2.24. The lowest BCUT2D eigenvalue weighted by molar-refractivity contribution is 0.143. The van der Waals surface area contributed by atoms with Gasteiger partial charge in [0.15, 0.2) is 11.5 Å². The standard InChI is InChI=1S/C27H32ClN7O2/c1-2-5-23-33-25(29)24-26(34-23)35(18-32-24)14-3-4-15-37-27(36)31-17-20-8-12-22(13-9-20)30-16-19-6-10-21(28)11-7-19/h6-13,18,30H,2-5,14-17H2,1H3,(H,31,36)(H2,29,33,34). The minimum absolute atomic E-state index is 0.338. The van der Waals surface area contributed by atoms with Gasteiger partial charge in [0, 0.05) is 36.8 Å². The maximum absolute atomic E-state index is 12.1. The summed E-state index contributed by atoms with van der Waals surface area (Å²) in [5, 5.41) is 6.89. The Morgan fingerprint density at radius 3 is 2.51 bits per heavy atom. The predicted molar refractivity (Wildman–Crippen MR) is 146 cm³/mol. The molecule has 0 aliphatic heterocycles. The average Bonchev–Trinajstić information content (AvgIpc) is 3.31. The predicted octanol–water partition coefficient (Wildman–Crippen LogP) is 5.33. The second-order valence-electron chi connectivity index (χ2n) is 8.76. The molecular weight excluding hydrogens is 490 g/mol. The van der Waals surface area contributed by atoms with Crippen molar-refractivity contribution >= 4 is 40.4 Å². The molecule has 0 unspecified atom stereocenters. The molecule has 0 fully saturated rings. The summed E-state index contributed by atoms with van der Waals surface area (Å²) < 4.78 is 7.29. The van der Waals surface area contributed by atoms with E-state index >= 15 is 0 Å². The highest BCUT2D eigenvalue weighted by Gasteiger charge is 2.11. The van der Waals surface area contributed by atoms with E-state index in [1.165, 1.54) is 0 Å². The van der Waals surface area contributed by atoms with Crippen LogP contribution < -0.4 is 16.4 Å². The summed E-state index contributed by atoms with van der Waals surface area (Å²) in [5.41, 5.74) is 10.5. The van der Waals surface area contributed by atoms with Crippen LogP contribution in [0.25, 0.3) is 11.2 Å². The van der Waals surface area contributed by atoms with Crippen LogP contribution in [-0.4, -0.2) is 32.2 Å². The highest BCUT2D eigenvalue weighted by Crippen LogP contribution is 2.17. The first-order valence-electron chi connectivity index (χ1n) is 12.5. The first kappa shape index (κ1) is 26.2. The molecule has 1 amide bonds. The van der Waals surface area contributed by atoms with Gasteiger partial charge in [0.1, 0.15) is 11.3 Å². The van der Waals surface area contributed by atoms with E-state index in [4.69, 9.17) is 22.1 Å². The molecule has 2 aromatic carbocycles. The zero-order chi connectivity index (χ0) is 26.0. The largest absolute Gasteiger partial charge is 0.450 e. The summed E-state index contributed by atoms with van der Waals surface area (Å²) >= 11 is 5.92. The SMILES string of the molecule is CCCc1nc(N)c2ncn(CCCCOC(=O)NCc3ccc(NCc4ccc(Cl)cc4)cc3)c2n1. The van der Waals surface area contributed by atoms with Crippen molar-refractivity contribution in [1.29, 1.82) is 0 Å². The van der Waals surface area contributed by atoms with Crippen molar-refractivity contribution in [1.82, 2.24) is 24.8 Å². The molecule has 0 spiro atoms. The van der Waals surface area contributed by atoms with Crippen LogP contribution in [0.2, 0.25) is 5.02 Å². The number of nitrogens with zero attached hydrogens (tertiary/aromatic N) is 4. The molecule has 2 heterocycles. The Morgan fingerprint density at radius 2 is 1.76 bits per heavy atom. The van der Waals surface area contributed by atoms with E-state index in [0.717, 1.165) is 59.0 Å². The second kappa shape index (κ2) is 12.9. The molecule has 0 aliphatic carbocycles. The van der Waals surface area contributed by atoms with E-state index in [2.05, 4.69) is 32.5 Å². The summed E-state index contributed by atoms with van der Waals surface area (Å²) in [4.78, 5) is 25.3. The number of ether oxygens (including phenoxy) is 1. The van der Waals surface area contributed by atoms with Gasteiger partial charge in [0.25, 0.3) is 0 Å². The fourth-order valence-corrected chi connectivity index (χ4v) is 3.96. The minimum atomic E-state index is -0.428. The number of alkyl carbamates (subject to hydrolysis) is 1. The van der Waals surface area contributed by atoms with Gasteiger partial charge in [-0.3, -0.25) is 0 Å². The van der Waals surface area contributed by atoms with E-state index in [-0.39, 0.29) is 0 Å². The fourth-order valence-electron chi connectivity index (χ4n) is 3.83. The molecule has 4 rings (SSSR count). The number of fused-ring (bicyclic) bond motifs is 1. The van der Waals surface area contributed by atoms with E-state index in [0.29, 0.717) is 37.6 Å². The van der Waals surface area contributed by atoms with Crippen LogP contribution in [0.5, 0.6) is 0 Å². The highest BCUT2D eigenvalue weighted by atomic mass is 35.5. The number of carbonyl (C=O) groups is 1. The number of amides is 1. The Kier molecular flexibility index (Phi) is 9.15. The molecule has 0 atom stereocenters. The van der Waals surface area contributed by atoms with Crippen molar-refractivity contribution in [3.63, 3.8) is 0 Å². The number of hydrogen-bond donors (Lipinski definition) is 3. The summed E-state index contributed by atoms with van der Waals surface area (Å²) in [6, 6.07) is 15.7. The van der Waals surface area contributed by atoms with Crippen LogP contribution >= 0.6 is 11.6 Å². The number of halogens is 1. The van der Waals surface area contributed by atoms with Gasteiger partial charge in [0.2, 0.25) is 0 Å². The number of nitrogen functional groups attached to an aromatic ring is 1. The third-order valence-corrected chi connectivity index (χ3v) is 6.09. The number of nitrogens with two attached hydrogens (primary N) is 1. The number of aromatic nitrogens is 4. The van der Waals surface area contributed by atoms with Crippen molar-refractivity contribution in [2.24, 2.45) is 0 Å². The second-order valence-corrected chi connectivity index (χ2v) is 9.20. The Labute approximate surface area is 221 Å². The summed E-state index contributed by atoms with van der Waals surface area (Å²) in [6.07, 6.45) is 4.57. The molecule has 0 radical (unpaired) electrons. The Bertz CT molecular complexity index is 1310. The Balaban J connectivity index is 1.14. The molecule has 4 aromatic rings. The van der Waals surface area contributed by atoms with Gasteiger partial charge in [-0.15, -0.1) is 0 Å². The molecule has 194 valence electrons. The molecule has 4 N–H and O–H groups in total. The quantitative estimate of drug-likeness (QED) is 0.215. The normalized spacial score (nSPS) is 11.0. The van der Waals surface area contributed by atoms with Crippen LogP contribution in [0, 0.1) is 0 Å². The first-order valence-corrected chi connectivity index (χ1v) is 12.8. The molecule has 9 nitrogen and oxygen atoms in total. The number of anilines is 2. The Morgan fingerprint density at radius 1 is 1.03 bits per heavy atom. The van der Waals surface area contributed by atoms with Crippen molar-refractivity contribution in [3.05, 3.63) is 76.8 Å². The molecule has 2 aromatic heterocycles. The summed E-state index contributed by atoms with van der Waals surface area (Å²) in [6.45, 7) is 4.24. The van der Waals surface area contributed by atoms with Crippen molar-refractivity contribution in [2.45, 2.75) is 52.2 Å². The number of carbonyl (C=O) groups excluding carboxylic acids is 1. The van der Waals surface area contributed by atoms with Gasteiger partial charge >= 0.3 is 6.09 Å². The third kappa shape index (κ3) is 7.57. The van der Waals surface area contributed by atoms with Crippen LogP contribution in [0.1, 0.15) is 43.1 Å². The molecule has 37 heavy (non-hydrogen) atoms. The van der Waals surface area contributed by atoms with Crippen LogP contribution in [0.3, 0.4) is 0 Å². The van der Waals surface area contributed by atoms with Gasteiger partial charge < -0.3 is 25.7 Å². The Hall–Kier alpha value is -3.85. The van der Waals surface area contributed by atoms with Gasteiger partial charge in [0.05, 0.1) is 12.9 Å². The van der Waals surface area contributed by atoms with E-state index < -0.39 is 6.09 Å². The maximum Gasteiger partial charge on any atom is 0.407 e. The number of rotatable bonds is 12. The minimum Gasteiger partial charge on any atom is -0.450 e. The van der Waals surface area contributed by atoms with Crippen molar-refractivity contribution in [2.75, 3.05) is 17.7 Å². The van der Waals surface area contributed by atoms with Crippen LogP contribution in [-0.2, 0) is 30.8 Å². The van der Waals surface area contributed by atoms with E-state index in [9.17, 15) is 4.79 Å². The number of hydrogen-bond acceptors (Lipinski definition) is 7.